The van der Waals surface area contributed by atoms with Crippen molar-refractivity contribution in [3.05, 3.63) is 119 Å². The molecule has 0 aromatic heterocycles. The van der Waals surface area contributed by atoms with Crippen LogP contribution < -0.4 is 10.6 Å². The summed E-state index contributed by atoms with van der Waals surface area (Å²) in [7, 11) is -3.47. The van der Waals surface area contributed by atoms with Crippen LogP contribution >= 0.6 is 7.14 Å². The molecule has 1 unspecified atom stereocenters. The molecule has 0 saturated heterocycles. The fourth-order valence-electron chi connectivity index (χ4n) is 4.00. The zero-order chi connectivity index (χ0) is 22.6. The summed E-state index contributed by atoms with van der Waals surface area (Å²) in [5.74, 6) is 0.112. The molecule has 0 radical (unpaired) electrons. The van der Waals surface area contributed by atoms with Gasteiger partial charge < -0.3 is 14.8 Å². The first-order valence-corrected chi connectivity index (χ1v) is 12.3. The molecule has 0 fully saturated rings. The van der Waals surface area contributed by atoms with E-state index in [4.69, 9.17) is 4.74 Å². The van der Waals surface area contributed by atoms with E-state index in [-0.39, 0.29) is 11.6 Å². The fourth-order valence-corrected chi connectivity index (χ4v) is 6.74. The molecule has 0 aliphatic heterocycles. The standard InChI is InChI=1S/C27H25N2O2P/c1-20(2)31-22-18-17-21-11-9-10-16-25(21)26(19-22)27(29-28)32(30,23-12-5-3-6-13-23)24-14-7-4-8-15-24/h3-20,26H,1-2H3. The smallest absolute Gasteiger partial charge is 0.344 e. The summed E-state index contributed by atoms with van der Waals surface area (Å²) in [5, 5.41) is 1.24. The third-order valence-electron chi connectivity index (χ3n) is 5.40. The lowest BCUT2D eigenvalue weighted by molar-refractivity contribution is -0.00388. The summed E-state index contributed by atoms with van der Waals surface area (Å²) in [5.41, 5.74) is 12.4. The lowest BCUT2D eigenvalue weighted by Gasteiger charge is -2.20. The Bertz CT molecular complexity index is 1210. The van der Waals surface area contributed by atoms with Crippen molar-refractivity contribution in [2.45, 2.75) is 25.9 Å². The monoisotopic (exact) mass is 440 g/mol. The van der Waals surface area contributed by atoms with Crippen molar-refractivity contribution in [3.63, 3.8) is 0 Å². The highest BCUT2D eigenvalue weighted by atomic mass is 31.2. The molecule has 1 aliphatic rings. The first-order valence-electron chi connectivity index (χ1n) is 10.6. The van der Waals surface area contributed by atoms with Gasteiger partial charge in [0.15, 0.2) is 0 Å². The molecule has 5 heteroatoms. The highest BCUT2D eigenvalue weighted by molar-refractivity contribution is 7.93. The first kappa shape index (κ1) is 21.8. The van der Waals surface area contributed by atoms with Gasteiger partial charge in [-0.15, -0.1) is 0 Å². The molecule has 32 heavy (non-hydrogen) atoms. The van der Waals surface area contributed by atoms with Gasteiger partial charge in [-0.1, -0.05) is 91.0 Å². The van der Waals surface area contributed by atoms with Gasteiger partial charge in [-0.2, -0.15) is 4.79 Å². The number of allylic oxidation sites excluding steroid dienone is 2. The molecule has 160 valence electrons. The predicted octanol–water partition coefficient (Wildman–Crippen LogP) is 5.75. The Labute approximate surface area is 188 Å². The maximum atomic E-state index is 14.9. The molecular weight excluding hydrogens is 415 g/mol. The topological polar surface area (TPSA) is 62.7 Å². The minimum absolute atomic E-state index is 0.0303. The second kappa shape index (κ2) is 9.36. The summed E-state index contributed by atoms with van der Waals surface area (Å²) in [6, 6.07) is 26.4. The summed E-state index contributed by atoms with van der Waals surface area (Å²) in [4.78, 5) is 3.72. The van der Waals surface area contributed by atoms with E-state index in [2.05, 4.69) is 4.79 Å². The van der Waals surface area contributed by atoms with Crippen LogP contribution in [0.2, 0.25) is 0 Å². The maximum Gasteiger partial charge on any atom is 0.344 e. The average molecular weight is 440 g/mol. The van der Waals surface area contributed by atoms with E-state index in [0.29, 0.717) is 16.4 Å². The predicted molar refractivity (Wildman–Crippen MR) is 131 cm³/mol. The number of fused-ring (bicyclic) bond motifs is 1. The molecule has 3 aromatic rings. The maximum absolute atomic E-state index is 14.9. The van der Waals surface area contributed by atoms with Crippen molar-refractivity contribution < 1.29 is 14.1 Å². The molecule has 0 N–H and O–H groups in total. The van der Waals surface area contributed by atoms with Crippen LogP contribution in [0.15, 0.2) is 103 Å². The molecular formula is C27H25N2O2P. The van der Waals surface area contributed by atoms with Gasteiger partial charge in [0.2, 0.25) is 7.14 Å². The van der Waals surface area contributed by atoms with Crippen molar-refractivity contribution in [1.29, 1.82) is 0 Å². The minimum atomic E-state index is -3.47. The highest BCUT2D eigenvalue weighted by Crippen LogP contribution is 2.50. The lowest BCUT2D eigenvalue weighted by atomic mass is 9.95. The number of nitrogens with zero attached hydrogens (tertiary/aromatic N) is 2. The van der Waals surface area contributed by atoms with E-state index in [1.807, 2.05) is 117 Å². The Kier molecular flexibility index (Phi) is 6.37. The van der Waals surface area contributed by atoms with Crippen LogP contribution in [0.3, 0.4) is 0 Å². The highest BCUT2D eigenvalue weighted by Gasteiger charge is 2.46. The average Bonchev–Trinajstić information content (AvgIpc) is 3.00. The third-order valence-corrected chi connectivity index (χ3v) is 8.47. The van der Waals surface area contributed by atoms with Crippen molar-refractivity contribution >= 4 is 29.3 Å². The third kappa shape index (κ3) is 4.16. The van der Waals surface area contributed by atoms with E-state index >= 15 is 0 Å². The number of hydrogen-bond acceptors (Lipinski definition) is 2. The zero-order valence-corrected chi connectivity index (χ0v) is 19.0. The van der Waals surface area contributed by atoms with Crippen LogP contribution in [0, 0.1) is 0 Å². The molecule has 4 nitrogen and oxygen atoms in total. The Morgan fingerprint density at radius 3 is 2.00 bits per heavy atom. The quantitative estimate of drug-likeness (QED) is 0.212. The Morgan fingerprint density at radius 2 is 1.44 bits per heavy atom. The minimum Gasteiger partial charge on any atom is -0.491 e. The fraction of sp³-hybridized carbons (Fsp3) is 0.148. The van der Waals surface area contributed by atoms with Crippen molar-refractivity contribution in [2.75, 3.05) is 0 Å². The van der Waals surface area contributed by atoms with E-state index in [9.17, 15) is 10.1 Å². The molecule has 0 bridgehead atoms. The van der Waals surface area contributed by atoms with Crippen molar-refractivity contribution in [1.82, 2.24) is 0 Å². The molecule has 0 spiro atoms. The Balaban J connectivity index is 1.97. The van der Waals surface area contributed by atoms with Gasteiger partial charge >= 0.3 is 5.45 Å². The summed E-state index contributed by atoms with van der Waals surface area (Å²) >= 11 is 0. The Hall–Kier alpha value is -3.45. The van der Waals surface area contributed by atoms with Gasteiger partial charge in [0.25, 0.3) is 0 Å². The van der Waals surface area contributed by atoms with Crippen LogP contribution in [0.5, 0.6) is 0 Å². The van der Waals surface area contributed by atoms with Crippen LogP contribution in [-0.2, 0) is 9.30 Å². The molecule has 4 rings (SSSR count). The molecule has 1 atom stereocenters. The Morgan fingerprint density at radius 1 is 0.875 bits per heavy atom. The second-order valence-corrected chi connectivity index (χ2v) is 10.6. The molecule has 1 aliphatic carbocycles. The van der Waals surface area contributed by atoms with E-state index in [1.54, 1.807) is 0 Å². The van der Waals surface area contributed by atoms with Gasteiger partial charge in [0.05, 0.1) is 6.10 Å². The van der Waals surface area contributed by atoms with Crippen LogP contribution in [0.4, 0.5) is 0 Å². The van der Waals surface area contributed by atoms with Gasteiger partial charge in [-0.3, -0.25) is 0 Å². The molecule has 0 heterocycles. The first-order chi connectivity index (χ1) is 15.5. The van der Waals surface area contributed by atoms with Crippen molar-refractivity contribution in [2.24, 2.45) is 0 Å². The summed E-state index contributed by atoms with van der Waals surface area (Å²) < 4.78 is 20.9. The largest absolute Gasteiger partial charge is 0.491 e. The second-order valence-electron chi connectivity index (χ2n) is 7.91. The van der Waals surface area contributed by atoms with E-state index in [0.717, 1.165) is 11.1 Å². The van der Waals surface area contributed by atoms with Gasteiger partial charge in [-0.25, -0.2) is 0 Å². The normalized spacial score (nSPS) is 15.3. The van der Waals surface area contributed by atoms with E-state index < -0.39 is 13.1 Å². The molecule has 0 saturated carbocycles. The van der Waals surface area contributed by atoms with E-state index in [1.165, 1.54) is 0 Å². The van der Waals surface area contributed by atoms with Crippen molar-refractivity contribution in [3.8, 4) is 0 Å². The van der Waals surface area contributed by atoms with Gasteiger partial charge in [0, 0.05) is 10.6 Å². The van der Waals surface area contributed by atoms with Gasteiger partial charge in [-0.05, 0) is 37.1 Å². The zero-order valence-electron chi connectivity index (χ0n) is 18.1. The summed E-state index contributed by atoms with van der Waals surface area (Å²) in [6.45, 7) is 3.92. The van der Waals surface area contributed by atoms with Crippen LogP contribution in [0.25, 0.3) is 11.6 Å². The lowest BCUT2D eigenvalue weighted by Crippen LogP contribution is -2.27. The van der Waals surface area contributed by atoms with Crippen LogP contribution in [-0.4, -0.2) is 16.3 Å². The number of hydrogen-bond donors (Lipinski definition) is 0. The van der Waals surface area contributed by atoms with Gasteiger partial charge in [0.1, 0.15) is 11.7 Å². The molecule has 3 aromatic carbocycles. The molecule has 0 amide bonds. The SMILES string of the molecule is CC(C)OC1=CC(C(=[N+]=[N-])P(=O)(c2ccccc2)c2ccccc2)c2ccccc2C=C1. The number of rotatable bonds is 6. The number of ether oxygens (including phenoxy) is 1. The number of benzene rings is 3. The summed E-state index contributed by atoms with van der Waals surface area (Å²) in [6.07, 6.45) is 5.76. The van der Waals surface area contributed by atoms with Crippen LogP contribution in [0.1, 0.15) is 30.9 Å².